The zero-order chi connectivity index (χ0) is 10.7. The quantitative estimate of drug-likeness (QED) is 0.566. The fraction of sp³-hybridized carbons (Fsp3) is 0.250. The van der Waals surface area contributed by atoms with Gasteiger partial charge in [0.15, 0.2) is 0 Å². The average Bonchev–Trinajstić information content (AvgIpc) is 2.25. The maximum absolute atomic E-state index is 11.5. The van der Waals surface area contributed by atoms with Gasteiger partial charge in [-0.1, -0.05) is 24.8 Å². The molecule has 0 bridgehead atoms. The second-order valence-corrected chi connectivity index (χ2v) is 4.76. The molecule has 2 nitrogen and oxygen atoms in total. The van der Waals surface area contributed by atoms with Gasteiger partial charge in [-0.25, -0.2) is 0 Å². The Morgan fingerprint density at radius 3 is 2.80 bits per heavy atom. The second kappa shape index (κ2) is 4.53. The molecule has 0 radical (unpaired) electrons. The Bertz CT molecular complexity index is 372. The number of ether oxygens (including phenoxy) is 1. The highest BCUT2D eigenvalue weighted by Crippen LogP contribution is 2.30. The number of carbonyl (C=O) groups is 1. The fourth-order valence-corrected chi connectivity index (χ4v) is 2.55. The molecule has 1 fully saturated rings. The third-order valence-corrected chi connectivity index (χ3v) is 3.37. The summed E-state index contributed by atoms with van der Waals surface area (Å²) in [6.45, 7) is 4.23. The number of hydrogen-bond donors (Lipinski definition) is 0. The molecule has 0 spiro atoms. The van der Waals surface area contributed by atoms with Crippen LogP contribution in [0.25, 0.3) is 0 Å². The highest BCUT2D eigenvalue weighted by Gasteiger charge is 2.26. The lowest BCUT2D eigenvalue weighted by Gasteiger charge is -2.22. The van der Waals surface area contributed by atoms with Crippen molar-refractivity contribution < 1.29 is 9.53 Å². The van der Waals surface area contributed by atoms with E-state index < -0.39 is 0 Å². The summed E-state index contributed by atoms with van der Waals surface area (Å²) in [5, 5.41) is -0.131. The molecule has 15 heavy (non-hydrogen) atoms. The number of carbonyl (C=O) groups excluding carboxylic acids is 1. The molecule has 1 heterocycles. The molecule has 3 heteroatoms. The number of rotatable bonds is 2. The van der Waals surface area contributed by atoms with Crippen LogP contribution in [0.5, 0.6) is 0 Å². The van der Waals surface area contributed by atoms with Crippen LogP contribution in [-0.4, -0.2) is 17.8 Å². The molecular weight excluding hydrogens is 208 g/mol. The number of hydrogen-bond acceptors (Lipinski definition) is 3. The van der Waals surface area contributed by atoms with Crippen LogP contribution in [0.3, 0.4) is 0 Å². The predicted molar refractivity (Wildman–Crippen MR) is 60.8 cm³/mol. The normalized spacial score (nSPS) is 21.2. The van der Waals surface area contributed by atoms with Crippen molar-refractivity contribution in [1.29, 1.82) is 0 Å². The molecule has 78 valence electrons. The van der Waals surface area contributed by atoms with Crippen molar-refractivity contribution in [1.82, 2.24) is 0 Å². The number of thioether (sulfide) groups is 1. The van der Waals surface area contributed by atoms with Crippen LogP contribution in [0.2, 0.25) is 0 Å². The number of benzene rings is 1. The Kier molecular flexibility index (Phi) is 3.11. The summed E-state index contributed by atoms with van der Waals surface area (Å²) in [5.41, 5.74) is 0.989. The van der Waals surface area contributed by atoms with Crippen molar-refractivity contribution in [2.75, 3.05) is 6.61 Å². The third-order valence-electron chi connectivity index (χ3n) is 2.18. The Morgan fingerprint density at radius 1 is 1.33 bits per heavy atom. The first-order chi connectivity index (χ1) is 7.25. The van der Waals surface area contributed by atoms with Crippen molar-refractivity contribution in [3.63, 3.8) is 0 Å². The van der Waals surface area contributed by atoms with Crippen LogP contribution in [0.4, 0.5) is 0 Å². The topological polar surface area (TPSA) is 26.3 Å². The summed E-state index contributed by atoms with van der Waals surface area (Å²) in [6, 6.07) is 9.88. The summed E-state index contributed by atoms with van der Waals surface area (Å²) in [5.74, 6) is -0.128. The van der Waals surface area contributed by atoms with E-state index in [1.54, 1.807) is 11.8 Å². The zero-order valence-corrected chi connectivity index (χ0v) is 9.13. The van der Waals surface area contributed by atoms with E-state index in [4.69, 9.17) is 4.74 Å². The van der Waals surface area contributed by atoms with Gasteiger partial charge in [0, 0.05) is 4.90 Å². The minimum absolute atomic E-state index is 0.128. The molecule has 1 aromatic rings. The van der Waals surface area contributed by atoms with Crippen LogP contribution < -0.4 is 0 Å². The van der Waals surface area contributed by atoms with Gasteiger partial charge in [0.25, 0.3) is 0 Å². The molecule has 1 saturated heterocycles. The molecule has 0 aliphatic carbocycles. The van der Waals surface area contributed by atoms with Gasteiger partial charge >= 0.3 is 5.97 Å². The summed E-state index contributed by atoms with van der Waals surface area (Å²) in [7, 11) is 0. The highest BCUT2D eigenvalue weighted by molar-refractivity contribution is 8.00. The van der Waals surface area contributed by atoms with E-state index in [2.05, 4.69) is 6.58 Å². The van der Waals surface area contributed by atoms with Crippen LogP contribution in [-0.2, 0) is 9.53 Å². The highest BCUT2D eigenvalue weighted by atomic mass is 32.2. The molecule has 1 aliphatic heterocycles. The molecule has 1 aromatic carbocycles. The van der Waals surface area contributed by atoms with E-state index in [1.807, 2.05) is 30.3 Å². The molecule has 0 amide bonds. The van der Waals surface area contributed by atoms with Crippen molar-refractivity contribution >= 4 is 17.7 Å². The first kappa shape index (κ1) is 10.3. The molecule has 0 N–H and O–H groups in total. The van der Waals surface area contributed by atoms with Gasteiger partial charge in [0.1, 0.15) is 11.9 Å². The molecular formula is C12H12O2S. The average molecular weight is 220 g/mol. The maximum Gasteiger partial charge on any atom is 0.320 e. The summed E-state index contributed by atoms with van der Waals surface area (Å²) in [6.07, 6.45) is 0.721. The van der Waals surface area contributed by atoms with Crippen molar-refractivity contribution in [2.24, 2.45) is 0 Å². The summed E-state index contributed by atoms with van der Waals surface area (Å²) >= 11 is 1.54. The van der Waals surface area contributed by atoms with Crippen LogP contribution in [0.15, 0.2) is 47.4 Å². The Hall–Kier alpha value is -1.22. The molecule has 1 atom stereocenters. The predicted octanol–water partition coefficient (Wildman–Crippen LogP) is 2.65. The summed E-state index contributed by atoms with van der Waals surface area (Å²) in [4.78, 5) is 12.6. The van der Waals surface area contributed by atoms with Crippen LogP contribution in [0, 0.1) is 0 Å². The number of esters is 1. The maximum atomic E-state index is 11.5. The second-order valence-electron chi connectivity index (χ2n) is 3.48. The Labute approximate surface area is 93.3 Å². The minimum atomic E-state index is -0.131. The van der Waals surface area contributed by atoms with Crippen LogP contribution in [0.1, 0.15) is 6.42 Å². The third kappa shape index (κ3) is 2.63. The lowest BCUT2D eigenvalue weighted by Crippen LogP contribution is -2.27. The largest absolute Gasteiger partial charge is 0.460 e. The lowest BCUT2D eigenvalue weighted by molar-refractivity contribution is -0.143. The SMILES string of the molecule is C=C1COC(=O)C(Sc2ccccc2)C1. The Morgan fingerprint density at radius 2 is 2.07 bits per heavy atom. The van der Waals surface area contributed by atoms with E-state index in [0.29, 0.717) is 6.61 Å². The molecule has 0 saturated carbocycles. The van der Waals surface area contributed by atoms with E-state index in [-0.39, 0.29) is 11.2 Å². The first-order valence-corrected chi connectivity index (χ1v) is 5.68. The van der Waals surface area contributed by atoms with Crippen molar-refractivity contribution in [3.05, 3.63) is 42.5 Å². The van der Waals surface area contributed by atoms with E-state index >= 15 is 0 Å². The smallest absolute Gasteiger partial charge is 0.320 e. The van der Waals surface area contributed by atoms with E-state index in [0.717, 1.165) is 16.9 Å². The molecule has 1 aliphatic rings. The monoisotopic (exact) mass is 220 g/mol. The van der Waals surface area contributed by atoms with Gasteiger partial charge in [-0.05, 0) is 24.1 Å². The van der Waals surface area contributed by atoms with Crippen molar-refractivity contribution in [3.8, 4) is 0 Å². The van der Waals surface area contributed by atoms with Gasteiger partial charge < -0.3 is 4.74 Å². The van der Waals surface area contributed by atoms with Gasteiger partial charge in [0.2, 0.25) is 0 Å². The Balaban J connectivity index is 2.05. The van der Waals surface area contributed by atoms with Crippen molar-refractivity contribution in [2.45, 2.75) is 16.6 Å². The zero-order valence-electron chi connectivity index (χ0n) is 8.31. The molecule has 0 aromatic heterocycles. The van der Waals surface area contributed by atoms with Gasteiger partial charge in [-0.15, -0.1) is 11.8 Å². The van der Waals surface area contributed by atoms with Gasteiger partial charge in [0.05, 0.1) is 0 Å². The van der Waals surface area contributed by atoms with Gasteiger partial charge in [-0.2, -0.15) is 0 Å². The first-order valence-electron chi connectivity index (χ1n) is 4.81. The van der Waals surface area contributed by atoms with Crippen LogP contribution >= 0.6 is 11.8 Å². The fourth-order valence-electron chi connectivity index (χ4n) is 1.42. The minimum Gasteiger partial charge on any atom is -0.460 e. The van der Waals surface area contributed by atoms with E-state index in [9.17, 15) is 4.79 Å². The summed E-state index contributed by atoms with van der Waals surface area (Å²) < 4.78 is 5.02. The molecule has 1 unspecified atom stereocenters. The number of cyclic esters (lactones) is 1. The van der Waals surface area contributed by atoms with Gasteiger partial charge in [-0.3, -0.25) is 4.79 Å². The molecule has 2 rings (SSSR count). The lowest BCUT2D eigenvalue weighted by atomic mass is 10.1. The van der Waals surface area contributed by atoms with E-state index in [1.165, 1.54) is 0 Å². The standard InChI is InChI=1S/C12H12O2S/c1-9-7-11(12(13)14-8-9)15-10-5-3-2-4-6-10/h2-6,11H,1,7-8H2.